The van der Waals surface area contributed by atoms with E-state index in [2.05, 4.69) is 5.11 Å². The third kappa shape index (κ3) is 2.42. The molecule has 2 rings (SSSR count). The lowest BCUT2D eigenvalue weighted by Crippen LogP contribution is -1.96. The Morgan fingerprint density at radius 2 is 1.12 bits per heavy atom. The molecule has 2 aromatic rings. The highest BCUT2D eigenvalue weighted by atomic mass is 16.3. The van der Waals surface area contributed by atoms with Crippen molar-refractivity contribution >= 4 is 0 Å². The van der Waals surface area contributed by atoms with Gasteiger partial charge in [0, 0.05) is 0 Å². The number of hydrogen-bond donors (Lipinski definition) is 3. The Morgan fingerprint density at radius 3 is 1.41 bits per heavy atom. The maximum atomic E-state index is 9.21. The fraction of sp³-hybridized carbons (Fsp3) is 0.0769. The third-order valence-corrected chi connectivity index (χ3v) is 2.55. The van der Waals surface area contributed by atoms with Crippen LogP contribution in [-0.2, 0) is 0 Å². The van der Waals surface area contributed by atoms with E-state index in [1.807, 2.05) is 0 Å². The van der Waals surface area contributed by atoms with Crippen LogP contribution in [0.15, 0.2) is 53.6 Å². The van der Waals surface area contributed by atoms with Crippen molar-refractivity contribution in [3.05, 3.63) is 59.7 Å². The highest BCUT2D eigenvalue weighted by molar-refractivity contribution is 5.36. The normalized spacial score (nSPS) is 10.4. The van der Waals surface area contributed by atoms with Gasteiger partial charge in [-0.15, -0.1) is 0 Å². The van der Waals surface area contributed by atoms with E-state index in [4.69, 9.17) is 5.53 Å². The second-order valence-corrected chi connectivity index (χ2v) is 3.71. The smallest absolute Gasteiger partial charge is 0.121 e. The molecule has 0 atom stereocenters. The molecule has 0 fully saturated rings. The van der Waals surface area contributed by atoms with Gasteiger partial charge in [0.1, 0.15) is 17.5 Å². The number of hydrogen-bond acceptors (Lipinski definition) is 4. The number of aromatic hydroxyl groups is 2. The maximum absolute atomic E-state index is 9.21. The second kappa shape index (κ2) is 4.65. The summed E-state index contributed by atoms with van der Waals surface area (Å²) in [7, 11) is 0. The summed E-state index contributed by atoms with van der Waals surface area (Å²) >= 11 is 0. The number of rotatable bonds is 3. The number of nitrogens with zero attached hydrogens (tertiary/aromatic N) is 1. The van der Waals surface area contributed by atoms with E-state index in [1.165, 1.54) is 0 Å². The monoisotopic (exact) mass is 228 g/mol. The first-order valence-electron chi connectivity index (χ1n) is 5.15. The highest BCUT2D eigenvalue weighted by Crippen LogP contribution is 2.28. The van der Waals surface area contributed by atoms with Crippen molar-refractivity contribution in [1.82, 2.24) is 0 Å². The summed E-state index contributed by atoms with van der Waals surface area (Å²) in [4.78, 5) is 0. The van der Waals surface area contributed by atoms with Crippen LogP contribution in [0.1, 0.15) is 17.2 Å². The fourth-order valence-corrected chi connectivity index (χ4v) is 1.65. The Balaban J connectivity index is 2.36. The minimum absolute atomic E-state index is 0.184. The van der Waals surface area contributed by atoms with Gasteiger partial charge in [-0.25, -0.2) is 5.53 Å². The van der Waals surface area contributed by atoms with Crippen LogP contribution in [0.2, 0.25) is 0 Å². The molecule has 4 heteroatoms. The molecule has 0 amide bonds. The third-order valence-electron chi connectivity index (χ3n) is 2.55. The van der Waals surface area contributed by atoms with Gasteiger partial charge in [-0.05, 0) is 35.4 Å². The van der Waals surface area contributed by atoms with E-state index in [0.717, 1.165) is 11.1 Å². The van der Waals surface area contributed by atoms with Gasteiger partial charge >= 0.3 is 0 Å². The molecule has 0 aliphatic rings. The molecular weight excluding hydrogens is 216 g/mol. The number of benzene rings is 2. The molecule has 17 heavy (non-hydrogen) atoms. The Hall–Kier alpha value is -2.36. The molecule has 0 heterocycles. The first-order valence-corrected chi connectivity index (χ1v) is 5.15. The van der Waals surface area contributed by atoms with Gasteiger partial charge in [0.05, 0.1) is 0 Å². The van der Waals surface area contributed by atoms with Gasteiger partial charge in [-0.2, -0.15) is 5.11 Å². The van der Waals surface area contributed by atoms with Crippen molar-refractivity contribution in [1.29, 1.82) is 5.53 Å². The zero-order chi connectivity index (χ0) is 12.3. The van der Waals surface area contributed by atoms with Crippen LogP contribution >= 0.6 is 0 Å². The van der Waals surface area contributed by atoms with Crippen molar-refractivity contribution in [3.63, 3.8) is 0 Å². The zero-order valence-electron chi connectivity index (χ0n) is 9.04. The number of phenols is 2. The van der Waals surface area contributed by atoms with Crippen LogP contribution < -0.4 is 0 Å². The molecule has 0 saturated heterocycles. The van der Waals surface area contributed by atoms with Crippen molar-refractivity contribution in [3.8, 4) is 11.5 Å². The molecule has 0 unspecified atom stereocenters. The summed E-state index contributed by atoms with van der Waals surface area (Å²) in [6.45, 7) is 0. The average Bonchev–Trinajstić information content (AvgIpc) is 2.35. The molecule has 0 spiro atoms. The summed E-state index contributed by atoms with van der Waals surface area (Å²) in [6, 6.07) is 12.8. The van der Waals surface area contributed by atoms with Gasteiger partial charge in [-0.3, -0.25) is 0 Å². The molecule has 0 saturated carbocycles. The topological polar surface area (TPSA) is 76.7 Å². The first-order chi connectivity index (χ1) is 8.20. The van der Waals surface area contributed by atoms with Crippen LogP contribution in [-0.4, -0.2) is 10.2 Å². The highest BCUT2D eigenvalue weighted by Gasteiger charge is 2.12. The van der Waals surface area contributed by atoms with E-state index < -0.39 is 6.04 Å². The van der Waals surface area contributed by atoms with Crippen LogP contribution in [0.3, 0.4) is 0 Å². The summed E-state index contributed by atoms with van der Waals surface area (Å²) in [5, 5.41) is 22.0. The number of nitrogens with one attached hydrogen (secondary N) is 1. The van der Waals surface area contributed by atoms with Crippen LogP contribution in [0.4, 0.5) is 0 Å². The van der Waals surface area contributed by atoms with Crippen molar-refractivity contribution in [2.24, 2.45) is 5.11 Å². The predicted molar refractivity (Wildman–Crippen MR) is 63.2 cm³/mol. The average molecular weight is 228 g/mol. The van der Waals surface area contributed by atoms with Gasteiger partial charge in [0.25, 0.3) is 0 Å². The molecule has 4 nitrogen and oxygen atoms in total. The summed E-state index contributed by atoms with van der Waals surface area (Å²) < 4.78 is 0. The van der Waals surface area contributed by atoms with E-state index in [9.17, 15) is 10.2 Å². The molecule has 0 bridgehead atoms. The standard InChI is InChI=1S/C13H12N2O2/c14-15-13(9-1-5-11(16)6-2-9)10-3-7-12(17)8-4-10/h1-8,13-14,16-17H. The Labute approximate surface area is 98.7 Å². The molecule has 3 N–H and O–H groups in total. The molecule has 0 radical (unpaired) electrons. The summed E-state index contributed by atoms with van der Waals surface area (Å²) in [6.07, 6.45) is 0. The van der Waals surface area contributed by atoms with Crippen LogP contribution in [0, 0.1) is 5.53 Å². The molecular formula is C13H12N2O2. The Morgan fingerprint density at radius 1 is 0.765 bits per heavy atom. The van der Waals surface area contributed by atoms with Crippen LogP contribution in [0.25, 0.3) is 0 Å². The van der Waals surface area contributed by atoms with E-state index in [1.54, 1.807) is 48.5 Å². The lowest BCUT2D eigenvalue weighted by Gasteiger charge is -2.11. The van der Waals surface area contributed by atoms with Crippen LogP contribution in [0.5, 0.6) is 11.5 Å². The minimum Gasteiger partial charge on any atom is -0.508 e. The maximum Gasteiger partial charge on any atom is 0.121 e. The van der Waals surface area contributed by atoms with Crippen molar-refractivity contribution in [2.45, 2.75) is 6.04 Å². The van der Waals surface area contributed by atoms with Crippen molar-refractivity contribution < 1.29 is 10.2 Å². The van der Waals surface area contributed by atoms with E-state index in [-0.39, 0.29) is 11.5 Å². The van der Waals surface area contributed by atoms with Gasteiger partial charge < -0.3 is 10.2 Å². The van der Waals surface area contributed by atoms with E-state index in [0.29, 0.717) is 0 Å². The minimum atomic E-state index is -0.406. The zero-order valence-corrected chi connectivity index (χ0v) is 9.04. The first kappa shape index (κ1) is 11.1. The van der Waals surface area contributed by atoms with Gasteiger partial charge in [0.15, 0.2) is 0 Å². The molecule has 0 aromatic heterocycles. The van der Waals surface area contributed by atoms with Gasteiger partial charge in [0.2, 0.25) is 0 Å². The fourth-order valence-electron chi connectivity index (χ4n) is 1.65. The summed E-state index contributed by atoms with van der Waals surface area (Å²) in [5.74, 6) is 0.367. The SMILES string of the molecule is N=NC(c1ccc(O)cc1)c1ccc(O)cc1. The molecule has 86 valence electrons. The lowest BCUT2D eigenvalue weighted by atomic mass is 9.99. The Bertz CT molecular complexity index is 460. The largest absolute Gasteiger partial charge is 0.508 e. The second-order valence-electron chi connectivity index (χ2n) is 3.71. The Kier molecular flexibility index (Phi) is 3.05. The molecule has 0 aliphatic heterocycles. The van der Waals surface area contributed by atoms with Gasteiger partial charge in [-0.1, -0.05) is 24.3 Å². The van der Waals surface area contributed by atoms with E-state index >= 15 is 0 Å². The quantitative estimate of drug-likeness (QED) is 0.705. The lowest BCUT2D eigenvalue weighted by molar-refractivity contribution is 0.475. The number of phenolic OH excluding ortho intramolecular Hbond substituents is 2. The summed E-state index contributed by atoms with van der Waals surface area (Å²) in [5.41, 5.74) is 8.89. The molecule has 2 aromatic carbocycles. The molecule has 0 aliphatic carbocycles. The van der Waals surface area contributed by atoms with Crippen molar-refractivity contribution in [2.75, 3.05) is 0 Å². The predicted octanol–water partition coefficient (Wildman–Crippen LogP) is 3.22.